The van der Waals surface area contributed by atoms with Gasteiger partial charge in [0.2, 0.25) is 0 Å². The SMILES string of the molecule is Nc1cnn(CC2COCCO2)c1. The molecular formula is C8H13N3O2. The summed E-state index contributed by atoms with van der Waals surface area (Å²) in [5, 5.41) is 4.07. The van der Waals surface area contributed by atoms with Crippen molar-refractivity contribution >= 4 is 5.69 Å². The topological polar surface area (TPSA) is 62.3 Å². The maximum atomic E-state index is 5.53. The molecule has 0 bridgehead atoms. The second-order valence-corrected chi connectivity index (χ2v) is 3.06. The minimum absolute atomic E-state index is 0.105. The third-order valence-corrected chi connectivity index (χ3v) is 1.93. The number of anilines is 1. The van der Waals surface area contributed by atoms with Crippen molar-refractivity contribution in [2.24, 2.45) is 0 Å². The van der Waals surface area contributed by atoms with Crippen LogP contribution < -0.4 is 5.73 Å². The van der Waals surface area contributed by atoms with E-state index in [4.69, 9.17) is 15.2 Å². The Morgan fingerprint density at radius 2 is 2.54 bits per heavy atom. The summed E-state index contributed by atoms with van der Waals surface area (Å²) in [6.07, 6.45) is 3.52. The van der Waals surface area contributed by atoms with Gasteiger partial charge in [-0.2, -0.15) is 5.10 Å². The van der Waals surface area contributed by atoms with Crippen LogP contribution in [0.1, 0.15) is 0 Å². The summed E-state index contributed by atoms with van der Waals surface area (Å²) < 4.78 is 12.5. The van der Waals surface area contributed by atoms with Gasteiger partial charge in [0, 0.05) is 6.20 Å². The number of nitrogens with two attached hydrogens (primary N) is 1. The molecule has 0 saturated carbocycles. The summed E-state index contributed by atoms with van der Waals surface area (Å²) in [5.74, 6) is 0. The standard InChI is InChI=1S/C8H13N3O2/c9-7-3-10-11(4-7)5-8-6-12-1-2-13-8/h3-4,8H,1-2,5-6,9H2. The van der Waals surface area contributed by atoms with Crippen LogP contribution in [-0.2, 0) is 16.0 Å². The van der Waals surface area contributed by atoms with Crippen LogP contribution >= 0.6 is 0 Å². The molecule has 2 heterocycles. The van der Waals surface area contributed by atoms with E-state index in [9.17, 15) is 0 Å². The van der Waals surface area contributed by atoms with Crippen molar-refractivity contribution in [2.45, 2.75) is 12.6 Å². The summed E-state index contributed by atoms with van der Waals surface area (Å²) in [5.41, 5.74) is 6.21. The van der Waals surface area contributed by atoms with Gasteiger partial charge in [0.15, 0.2) is 0 Å². The van der Waals surface area contributed by atoms with E-state index in [-0.39, 0.29) is 6.10 Å². The van der Waals surface area contributed by atoms with Crippen LogP contribution in [0, 0.1) is 0 Å². The number of ether oxygens (including phenoxy) is 2. The van der Waals surface area contributed by atoms with Crippen LogP contribution in [0.5, 0.6) is 0 Å². The van der Waals surface area contributed by atoms with Gasteiger partial charge in [-0.05, 0) is 0 Å². The van der Waals surface area contributed by atoms with Crippen LogP contribution in [0.3, 0.4) is 0 Å². The third-order valence-electron chi connectivity index (χ3n) is 1.93. The van der Waals surface area contributed by atoms with E-state index in [2.05, 4.69) is 5.10 Å². The average molecular weight is 183 g/mol. The smallest absolute Gasteiger partial charge is 0.100 e. The lowest BCUT2D eigenvalue weighted by molar-refractivity contribution is -0.0946. The second-order valence-electron chi connectivity index (χ2n) is 3.06. The number of nitrogen functional groups attached to an aromatic ring is 1. The largest absolute Gasteiger partial charge is 0.396 e. The molecule has 0 aromatic carbocycles. The number of aromatic nitrogens is 2. The fourth-order valence-electron chi connectivity index (χ4n) is 1.33. The van der Waals surface area contributed by atoms with Gasteiger partial charge in [-0.25, -0.2) is 0 Å². The highest BCUT2D eigenvalue weighted by molar-refractivity contribution is 5.30. The van der Waals surface area contributed by atoms with Crippen molar-refractivity contribution in [1.82, 2.24) is 9.78 Å². The third kappa shape index (κ3) is 2.19. The molecule has 1 aliphatic heterocycles. The Balaban J connectivity index is 1.89. The molecule has 2 N–H and O–H groups in total. The molecule has 5 heteroatoms. The normalized spacial score (nSPS) is 23.2. The molecule has 0 radical (unpaired) electrons. The van der Waals surface area contributed by atoms with Crippen LogP contribution in [0.25, 0.3) is 0 Å². The molecule has 1 aromatic rings. The summed E-state index contributed by atoms with van der Waals surface area (Å²) in [6.45, 7) is 2.70. The lowest BCUT2D eigenvalue weighted by Crippen LogP contribution is -2.32. The molecule has 1 aliphatic rings. The molecule has 1 aromatic heterocycles. The zero-order valence-corrected chi connectivity index (χ0v) is 7.35. The van der Waals surface area contributed by atoms with Gasteiger partial charge in [-0.1, -0.05) is 0 Å². The van der Waals surface area contributed by atoms with Gasteiger partial charge in [0.1, 0.15) is 6.10 Å². The Hall–Kier alpha value is -1.07. The quantitative estimate of drug-likeness (QED) is 0.694. The molecule has 72 valence electrons. The lowest BCUT2D eigenvalue weighted by Gasteiger charge is -2.22. The maximum absolute atomic E-state index is 5.53. The van der Waals surface area contributed by atoms with Crippen molar-refractivity contribution in [1.29, 1.82) is 0 Å². The summed E-state index contributed by atoms with van der Waals surface area (Å²) in [4.78, 5) is 0. The maximum Gasteiger partial charge on any atom is 0.100 e. The first-order valence-corrected chi connectivity index (χ1v) is 4.32. The molecule has 5 nitrogen and oxygen atoms in total. The first-order valence-electron chi connectivity index (χ1n) is 4.32. The minimum Gasteiger partial charge on any atom is -0.396 e. The van der Waals surface area contributed by atoms with Gasteiger partial charge in [-0.3, -0.25) is 4.68 Å². The molecule has 1 saturated heterocycles. The number of nitrogens with zero attached hydrogens (tertiary/aromatic N) is 2. The van der Waals surface area contributed by atoms with Crippen molar-refractivity contribution in [3.63, 3.8) is 0 Å². The minimum atomic E-state index is 0.105. The van der Waals surface area contributed by atoms with Gasteiger partial charge in [0.25, 0.3) is 0 Å². The predicted molar refractivity (Wildman–Crippen MR) is 47.2 cm³/mol. The van der Waals surface area contributed by atoms with E-state index in [0.717, 1.165) is 0 Å². The van der Waals surface area contributed by atoms with Crippen molar-refractivity contribution in [2.75, 3.05) is 25.6 Å². The van der Waals surface area contributed by atoms with E-state index in [1.54, 1.807) is 17.1 Å². The Kier molecular flexibility index (Phi) is 2.47. The molecule has 1 atom stereocenters. The van der Waals surface area contributed by atoms with E-state index in [0.29, 0.717) is 32.1 Å². The van der Waals surface area contributed by atoms with Gasteiger partial charge in [0.05, 0.1) is 38.2 Å². The highest BCUT2D eigenvalue weighted by Crippen LogP contribution is 2.05. The fourth-order valence-corrected chi connectivity index (χ4v) is 1.33. The molecule has 13 heavy (non-hydrogen) atoms. The number of hydrogen-bond acceptors (Lipinski definition) is 4. The predicted octanol–water partition coefficient (Wildman–Crippen LogP) is -0.119. The van der Waals surface area contributed by atoms with Gasteiger partial charge < -0.3 is 15.2 Å². The molecule has 0 aliphatic carbocycles. The molecule has 1 fully saturated rings. The van der Waals surface area contributed by atoms with Crippen molar-refractivity contribution in [3.8, 4) is 0 Å². The first-order chi connectivity index (χ1) is 6.34. The number of hydrogen-bond donors (Lipinski definition) is 1. The monoisotopic (exact) mass is 183 g/mol. The molecule has 1 unspecified atom stereocenters. The Morgan fingerprint density at radius 1 is 1.62 bits per heavy atom. The van der Waals surface area contributed by atoms with E-state index < -0.39 is 0 Å². The fraction of sp³-hybridized carbons (Fsp3) is 0.625. The Labute approximate surface area is 76.4 Å². The van der Waals surface area contributed by atoms with Crippen LogP contribution in [-0.4, -0.2) is 35.7 Å². The Bertz CT molecular complexity index is 268. The molecule has 0 amide bonds. The van der Waals surface area contributed by atoms with E-state index in [1.807, 2.05) is 0 Å². The molecule has 0 spiro atoms. The Morgan fingerprint density at radius 3 is 3.15 bits per heavy atom. The second kappa shape index (κ2) is 3.76. The molecular weight excluding hydrogens is 170 g/mol. The van der Waals surface area contributed by atoms with Crippen LogP contribution in [0.4, 0.5) is 5.69 Å². The average Bonchev–Trinajstić information content (AvgIpc) is 2.53. The first kappa shape index (κ1) is 8.52. The van der Waals surface area contributed by atoms with Crippen molar-refractivity contribution < 1.29 is 9.47 Å². The lowest BCUT2D eigenvalue weighted by atomic mass is 10.3. The number of rotatable bonds is 2. The summed E-state index contributed by atoms with van der Waals surface area (Å²) in [6, 6.07) is 0. The van der Waals surface area contributed by atoms with Crippen molar-refractivity contribution in [3.05, 3.63) is 12.4 Å². The highest BCUT2D eigenvalue weighted by atomic mass is 16.6. The van der Waals surface area contributed by atoms with Gasteiger partial charge >= 0.3 is 0 Å². The van der Waals surface area contributed by atoms with Crippen LogP contribution in [0.15, 0.2) is 12.4 Å². The zero-order chi connectivity index (χ0) is 9.10. The van der Waals surface area contributed by atoms with E-state index in [1.165, 1.54) is 0 Å². The summed E-state index contributed by atoms with van der Waals surface area (Å²) in [7, 11) is 0. The summed E-state index contributed by atoms with van der Waals surface area (Å²) >= 11 is 0. The highest BCUT2D eigenvalue weighted by Gasteiger charge is 2.14. The van der Waals surface area contributed by atoms with E-state index >= 15 is 0 Å². The zero-order valence-electron chi connectivity index (χ0n) is 7.35. The van der Waals surface area contributed by atoms with Crippen LogP contribution in [0.2, 0.25) is 0 Å². The molecule has 2 rings (SSSR count). The van der Waals surface area contributed by atoms with Gasteiger partial charge in [-0.15, -0.1) is 0 Å².